The highest BCUT2D eigenvalue weighted by Crippen LogP contribution is 2.33. The van der Waals surface area contributed by atoms with Gasteiger partial charge in [-0.1, -0.05) is 25.1 Å². The van der Waals surface area contributed by atoms with Gasteiger partial charge in [0.15, 0.2) is 0 Å². The Bertz CT molecular complexity index is 787. The van der Waals surface area contributed by atoms with E-state index in [1.54, 1.807) is 30.0 Å². The molecule has 6 nitrogen and oxygen atoms in total. The Morgan fingerprint density at radius 3 is 2.55 bits per heavy atom. The van der Waals surface area contributed by atoms with Crippen molar-refractivity contribution in [2.75, 3.05) is 32.8 Å². The second-order valence-corrected chi connectivity index (χ2v) is 7.69. The normalized spacial score (nSPS) is 21.3. The van der Waals surface area contributed by atoms with Crippen molar-refractivity contribution in [2.24, 2.45) is 5.92 Å². The van der Waals surface area contributed by atoms with Crippen molar-refractivity contribution in [2.45, 2.75) is 39.7 Å². The van der Waals surface area contributed by atoms with Crippen LogP contribution < -0.4 is 5.32 Å². The van der Waals surface area contributed by atoms with Gasteiger partial charge in [-0.25, -0.2) is 14.0 Å². The molecule has 0 bridgehead atoms. The first-order valence-electron chi connectivity index (χ1n) is 10.4. The number of halogens is 1. The summed E-state index contributed by atoms with van der Waals surface area (Å²) in [6.45, 7) is 8.74. The minimum atomic E-state index is -0.871. The van der Waals surface area contributed by atoms with Crippen LogP contribution >= 0.6 is 0 Å². The highest BCUT2D eigenvalue weighted by Gasteiger charge is 2.39. The first-order chi connectivity index (χ1) is 14.0. The fourth-order valence-electron chi connectivity index (χ4n) is 4.03. The van der Waals surface area contributed by atoms with Gasteiger partial charge in [-0.2, -0.15) is 0 Å². The zero-order valence-corrected chi connectivity index (χ0v) is 17.4. The van der Waals surface area contributed by atoms with Crippen molar-refractivity contribution in [1.82, 2.24) is 15.1 Å². The maximum Gasteiger partial charge on any atom is 0.338 e. The van der Waals surface area contributed by atoms with Crippen LogP contribution in [0.5, 0.6) is 0 Å². The molecule has 0 spiro atoms. The summed E-state index contributed by atoms with van der Waals surface area (Å²) in [5, 5.41) is 2.81. The van der Waals surface area contributed by atoms with Crippen LogP contribution in [-0.4, -0.2) is 54.6 Å². The van der Waals surface area contributed by atoms with Gasteiger partial charge in [0.1, 0.15) is 5.82 Å². The largest absolute Gasteiger partial charge is 0.463 e. The lowest BCUT2D eigenvalue weighted by Crippen LogP contribution is -2.51. The summed E-state index contributed by atoms with van der Waals surface area (Å²) in [6, 6.07) is 5.03. The van der Waals surface area contributed by atoms with Crippen LogP contribution in [0.25, 0.3) is 0 Å². The highest BCUT2D eigenvalue weighted by atomic mass is 19.1. The molecule has 7 heteroatoms. The number of nitrogens with zero attached hydrogens (tertiary/aromatic N) is 2. The summed E-state index contributed by atoms with van der Waals surface area (Å²) in [6.07, 6.45) is 2.16. The fraction of sp³-hybridized carbons (Fsp3) is 0.545. The molecule has 1 fully saturated rings. The number of benzene rings is 1. The number of carbonyl (C=O) groups is 2. The smallest absolute Gasteiger partial charge is 0.338 e. The van der Waals surface area contributed by atoms with Gasteiger partial charge in [0.25, 0.3) is 0 Å². The first kappa shape index (κ1) is 21.3. The summed E-state index contributed by atoms with van der Waals surface area (Å²) in [4.78, 5) is 29.6. The number of hydrogen-bond acceptors (Lipinski definition) is 4. The SMILES string of the molecule is CCOC(=O)C1=C(CN2CCC(C)CC2)N(CC)C(=O)N[C@H]1c1ccccc1F. The lowest BCUT2D eigenvalue weighted by molar-refractivity contribution is -0.139. The predicted octanol–water partition coefficient (Wildman–Crippen LogP) is 3.46. The highest BCUT2D eigenvalue weighted by molar-refractivity contribution is 5.95. The number of ether oxygens (including phenoxy) is 1. The molecule has 1 aromatic carbocycles. The van der Waals surface area contributed by atoms with Gasteiger partial charge in [-0.15, -0.1) is 0 Å². The Hall–Kier alpha value is -2.41. The van der Waals surface area contributed by atoms with E-state index >= 15 is 0 Å². The van der Waals surface area contributed by atoms with E-state index in [0.29, 0.717) is 30.3 Å². The number of likely N-dealkylation sites (tertiary alicyclic amines) is 1. The summed E-state index contributed by atoms with van der Waals surface area (Å²) in [5.74, 6) is -0.303. The minimum Gasteiger partial charge on any atom is -0.463 e. The molecule has 1 N–H and O–H groups in total. The van der Waals surface area contributed by atoms with E-state index in [4.69, 9.17) is 4.74 Å². The molecule has 0 radical (unpaired) electrons. The fourth-order valence-corrected chi connectivity index (χ4v) is 4.03. The molecule has 1 atom stereocenters. The monoisotopic (exact) mass is 403 g/mol. The summed E-state index contributed by atoms with van der Waals surface area (Å²) in [5.41, 5.74) is 1.19. The molecule has 2 amide bonds. The average molecular weight is 403 g/mol. The molecule has 0 aromatic heterocycles. The van der Waals surface area contributed by atoms with Gasteiger partial charge < -0.3 is 10.1 Å². The third-order valence-electron chi connectivity index (χ3n) is 5.72. The molecule has 0 unspecified atom stereocenters. The van der Waals surface area contributed by atoms with Crippen LogP contribution in [0.3, 0.4) is 0 Å². The zero-order valence-electron chi connectivity index (χ0n) is 17.4. The van der Waals surface area contributed by atoms with Crippen molar-refractivity contribution in [3.05, 3.63) is 46.9 Å². The first-order valence-corrected chi connectivity index (χ1v) is 10.4. The number of urea groups is 1. The van der Waals surface area contributed by atoms with Crippen LogP contribution in [0.15, 0.2) is 35.5 Å². The number of amides is 2. The molecule has 1 aromatic rings. The molecular formula is C22H30FN3O3. The van der Waals surface area contributed by atoms with E-state index in [2.05, 4.69) is 17.1 Å². The molecule has 29 heavy (non-hydrogen) atoms. The van der Waals surface area contributed by atoms with Crippen molar-refractivity contribution >= 4 is 12.0 Å². The summed E-state index contributed by atoms with van der Waals surface area (Å²) in [7, 11) is 0. The van der Waals surface area contributed by atoms with Crippen molar-refractivity contribution in [3.63, 3.8) is 0 Å². The van der Waals surface area contributed by atoms with E-state index in [1.807, 2.05) is 6.92 Å². The van der Waals surface area contributed by atoms with Gasteiger partial charge in [0.2, 0.25) is 0 Å². The quantitative estimate of drug-likeness (QED) is 0.739. The van der Waals surface area contributed by atoms with E-state index < -0.39 is 17.8 Å². The van der Waals surface area contributed by atoms with Crippen molar-refractivity contribution in [1.29, 1.82) is 0 Å². The Balaban J connectivity index is 2.07. The van der Waals surface area contributed by atoms with E-state index in [0.717, 1.165) is 25.9 Å². The lowest BCUT2D eigenvalue weighted by atomic mass is 9.93. The summed E-state index contributed by atoms with van der Waals surface area (Å²) < 4.78 is 19.9. The molecular weight excluding hydrogens is 373 g/mol. The van der Waals surface area contributed by atoms with Crippen LogP contribution in [0.1, 0.15) is 45.2 Å². The van der Waals surface area contributed by atoms with Crippen LogP contribution in [-0.2, 0) is 9.53 Å². The average Bonchev–Trinajstić information content (AvgIpc) is 2.70. The number of hydrogen-bond donors (Lipinski definition) is 1. The Kier molecular flexibility index (Phi) is 6.90. The number of nitrogens with one attached hydrogen (secondary N) is 1. The standard InChI is InChI=1S/C22H30FN3O3/c1-4-26-18(14-25-12-10-15(3)11-13-25)19(21(27)29-5-2)20(24-22(26)28)16-8-6-7-9-17(16)23/h6-9,15,20H,4-5,10-14H2,1-3H3,(H,24,28)/t20-/m0/s1. The van der Waals surface area contributed by atoms with Gasteiger partial charge >= 0.3 is 12.0 Å². The second kappa shape index (κ2) is 9.39. The third kappa shape index (κ3) is 4.61. The minimum absolute atomic E-state index is 0.209. The van der Waals surface area contributed by atoms with Gasteiger partial charge in [-0.3, -0.25) is 9.80 Å². The molecule has 1 saturated heterocycles. The van der Waals surface area contributed by atoms with Gasteiger partial charge in [0.05, 0.1) is 18.2 Å². The number of carbonyl (C=O) groups excluding carboxylic acids is 2. The van der Waals surface area contributed by atoms with E-state index in [9.17, 15) is 14.0 Å². The molecule has 2 aliphatic rings. The molecule has 3 rings (SSSR count). The maximum atomic E-state index is 14.6. The number of rotatable bonds is 6. The van der Waals surface area contributed by atoms with E-state index in [1.165, 1.54) is 6.07 Å². The van der Waals surface area contributed by atoms with Crippen molar-refractivity contribution < 1.29 is 18.7 Å². The zero-order chi connectivity index (χ0) is 21.0. The number of piperidine rings is 1. The predicted molar refractivity (Wildman–Crippen MR) is 109 cm³/mol. The number of esters is 1. The summed E-state index contributed by atoms with van der Waals surface area (Å²) >= 11 is 0. The third-order valence-corrected chi connectivity index (χ3v) is 5.72. The Morgan fingerprint density at radius 2 is 1.93 bits per heavy atom. The van der Waals surface area contributed by atoms with Crippen LogP contribution in [0.4, 0.5) is 9.18 Å². The lowest BCUT2D eigenvalue weighted by Gasteiger charge is -2.39. The van der Waals surface area contributed by atoms with Crippen LogP contribution in [0.2, 0.25) is 0 Å². The molecule has 0 aliphatic carbocycles. The Labute approximate surface area is 171 Å². The van der Waals surface area contributed by atoms with Crippen LogP contribution in [0, 0.1) is 11.7 Å². The molecule has 2 heterocycles. The molecule has 0 saturated carbocycles. The second-order valence-electron chi connectivity index (χ2n) is 7.69. The Morgan fingerprint density at radius 1 is 1.24 bits per heavy atom. The van der Waals surface area contributed by atoms with Gasteiger partial charge in [-0.05, 0) is 51.8 Å². The topological polar surface area (TPSA) is 61.9 Å². The molecule has 158 valence electrons. The van der Waals surface area contributed by atoms with Gasteiger partial charge in [0, 0.05) is 24.4 Å². The molecule has 2 aliphatic heterocycles. The van der Waals surface area contributed by atoms with Crippen molar-refractivity contribution in [3.8, 4) is 0 Å². The maximum absolute atomic E-state index is 14.6. The van der Waals surface area contributed by atoms with E-state index in [-0.39, 0.29) is 18.2 Å². The number of likely N-dealkylation sites (N-methyl/N-ethyl adjacent to an activating group) is 1.